The van der Waals surface area contributed by atoms with Gasteiger partial charge in [-0.05, 0) is 42.7 Å². The van der Waals surface area contributed by atoms with E-state index in [2.05, 4.69) is 5.32 Å². The minimum atomic E-state index is -1.07. The van der Waals surface area contributed by atoms with E-state index < -0.39 is 24.2 Å². The molecule has 1 saturated carbocycles. The number of nitrogens with one attached hydrogen (secondary N) is 1. The largest absolute Gasteiger partial charge is 0.486 e. The molecule has 3 N–H and O–H groups in total. The molecule has 1 fully saturated rings. The number of para-hydroxylation sites is 1. The van der Waals surface area contributed by atoms with Gasteiger partial charge >= 0.3 is 0 Å². The number of carbonyl (C=O) groups excluding carboxylic acids is 2. The van der Waals surface area contributed by atoms with Crippen LogP contribution in [0, 0.1) is 5.92 Å². The van der Waals surface area contributed by atoms with Gasteiger partial charge in [-0.3, -0.25) is 9.59 Å². The third kappa shape index (κ3) is 4.61. The second-order valence-corrected chi connectivity index (χ2v) is 10.3. The van der Waals surface area contributed by atoms with Crippen LogP contribution in [0.5, 0.6) is 5.75 Å². The van der Waals surface area contributed by atoms with Crippen molar-refractivity contribution in [1.29, 1.82) is 0 Å². The Morgan fingerprint density at radius 3 is 2.58 bits per heavy atom. The Morgan fingerprint density at radius 2 is 1.89 bits per heavy atom. The van der Waals surface area contributed by atoms with Crippen molar-refractivity contribution < 1.29 is 24.5 Å². The fraction of sp³-hybridized carbons (Fsp3) is 0.407. The molecule has 0 bridgehead atoms. The van der Waals surface area contributed by atoms with Crippen LogP contribution in [0.4, 0.5) is 0 Å². The summed E-state index contributed by atoms with van der Waals surface area (Å²) in [7, 11) is 0. The lowest BCUT2D eigenvalue weighted by atomic mass is 9.76. The maximum atomic E-state index is 13.6. The van der Waals surface area contributed by atoms with E-state index in [1.165, 1.54) is 0 Å². The number of nitrogens with zero attached hydrogens (tertiary/aromatic N) is 1. The normalized spacial score (nSPS) is 24.6. The van der Waals surface area contributed by atoms with Crippen LogP contribution in [0.1, 0.15) is 36.3 Å². The van der Waals surface area contributed by atoms with Crippen LogP contribution < -0.4 is 10.1 Å². The van der Waals surface area contributed by atoms with Crippen LogP contribution in [0.3, 0.4) is 0 Å². The maximum absolute atomic E-state index is 13.6. The standard InChI is InChI=1S/C27H28Cl2N2O5/c28-19-9-8-15(12-20(19)29)14-31(27(35)16-4-3-5-16)21-13-18(26(34)30-10-11-32)23-17-6-1-2-7-22(17)36-25(23)24(21)33/h1-2,6-9,12-13,16,21,23-25,32-33H,3-5,10-11,14H2,(H,30,34)/t21-,23+,24+,25+/m1/s1. The molecule has 0 unspecified atom stereocenters. The lowest BCUT2D eigenvalue weighted by Gasteiger charge is -2.43. The van der Waals surface area contributed by atoms with Gasteiger partial charge in [0.2, 0.25) is 11.8 Å². The molecule has 4 atom stereocenters. The third-order valence-corrected chi connectivity index (χ3v) is 8.05. The van der Waals surface area contributed by atoms with Crippen molar-refractivity contribution in [2.24, 2.45) is 5.92 Å². The van der Waals surface area contributed by atoms with Gasteiger partial charge in [-0.1, -0.05) is 53.9 Å². The van der Waals surface area contributed by atoms with Gasteiger partial charge in [-0.2, -0.15) is 0 Å². The summed E-state index contributed by atoms with van der Waals surface area (Å²) in [6.07, 6.45) is 2.46. The lowest BCUT2D eigenvalue weighted by molar-refractivity contribution is -0.144. The van der Waals surface area contributed by atoms with Crippen LogP contribution in [-0.2, 0) is 16.1 Å². The summed E-state index contributed by atoms with van der Waals surface area (Å²) in [5.41, 5.74) is 1.99. The maximum Gasteiger partial charge on any atom is 0.247 e. The number of fused-ring (bicyclic) bond motifs is 3. The Hall–Kier alpha value is -2.58. The van der Waals surface area contributed by atoms with E-state index in [-0.39, 0.29) is 37.4 Å². The number of amides is 2. The monoisotopic (exact) mass is 530 g/mol. The predicted octanol–water partition coefficient (Wildman–Crippen LogP) is 3.44. The van der Waals surface area contributed by atoms with Crippen molar-refractivity contribution in [1.82, 2.24) is 10.2 Å². The van der Waals surface area contributed by atoms with Crippen molar-refractivity contribution in [3.63, 3.8) is 0 Å². The average Bonchev–Trinajstić information content (AvgIpc) is 3.23. The van der Waals surface area contributed by atoms with Crippen molar-refractivity contribution in [3.8, 4) is 5.75 Å². The first-order chi connectivity index (χ1) is 17.4. The molecule has 2 aromatic rings. The van der Waals surface area contributed by atoms with Gasteiger partial charge in [0.25, 0.3) is 0 Å². The molecule has 0 aromatic heterocycles. The van der Waals surface area contributed by atoms with Crippen molar-refractivity contribution in [2.75, 3.05) is 13.2 Å². The van der Waals surface area contributed by atoms with Gasteiger partial charge in [0, 0.05) is 30.1 Å². The molecule has 5 rings (SSSR count). The van der Waals surface area contributed by atoms with E-state index in [4.69, 9.17) is 27.9 Å². The van der Waals surface area contributed by atoms with Gasteiger partial charge < -0.3 is 25.2 Å². The van der Waals surface area contributed by atoms with Gasteiger partial charge in [0.1, 0.15) is 18.0 Å². The molecule has 36 heavy (non-hydrogen) atoms. The number of halogens is 2. The number of aliphatic hydroxyl groups is 2. The summed E-state index contributed by atoms with van der Waals surface area (Å²) in [6.45, 7) is 0.0907. The van der Waals surface area contributed by atoms with Gasteiger partial charge in [-0.25, -0.2) is 0 Å². The van der Waals surface area contributed by atoms with E-state index in [0.29, 0.717) is 21.4 Å². The number of aliphatic hydroxyl groups excluding tert-OH is 2. The first-order valence-corrected chi connectivity index (χ1v) is 12.9. The Kier molecular flexibility index (Phi) is 7.26. The Labute approximate surface area is 219 Å². The molecule has 2 aromatic carbocycles. The molecular weight excluding hydrogens is 503 g/mol. The number of rotatable bonds is 7. The predicted molar refractivity (Wildman–Crippen MR) is 136 cm³/mol. The highest BCUT2D eigenvalue weighted by Crippen LogP contribution is 2.47. The van der Waals surface area contributed by atoms with Crippen LogP contribution in [-0.4, -0.2) is 58.3 Å². The summed E-state index contributed by atoms with van der Waals surface area (Å²) in [6, 6.07) is 11.8. The number of benzene rings is 2. The van der Waals surface area contributed by atoms with E-state index in [9.17, 15) is 19.8 Å². The first kappa shape index (κ1) is 25.1. The van der Waals surface area contributed by atoms with Gasteiger partial charge in [0.05, 0.1) is 28.6 Å². The molecule has 9 heteroatoms. The highest BCUT2D eigenvalue weighted by molar-refractivity contribution is 6.42. The summed E-state index contributed by atoms with van der Waals surface area (Å²) >= 11 is 12.3. The highest BCUT2D eigenvalue weighted by atomic mass is 35.5. The minimum Gasteiger partial charge on any atom is -0.486 e. The second-order valence-electron chi connectivity index (χ2n) is 9.52. The molecule has 190 valence electrons. The molecule has 7 nitrogen and oxygen atoms in total. The third-order valence-electron chi connectivity index (χ3n) is 7.31. The van der Waals surface area contributed by atoms with Crippen LogP contribution in [0.2, 0.25) is 10.0 Å². The molecule has 0 radical (unpaired) electrons. The summed E-state index contributed by atoms with van der Waals surface area (Å²) in [5.74, 6) is -0.441. The fourth-order valence-corrected chi connectivity index (χ4v) is 5.57. The zero-order chi connectivity index (χ0) is 25.4. The number of ether oxygens (including phenoxy) is 1. The molecule has 3 aliphatic rings. The highest BCUT2D eigenvalue weighted by Gasteiger charge is 2.51. The van der Waals surface area contributed by atoms with Gasteiger partial charge in [0.15, 0.2) is 0 Å². The van der Waals surface area contributed by atoms with Crippen molar-refractivity contribution >= 4 is 35.0 Å². The molecule has 1 aliphatic heterocycles. The molecule has 1 heterocycles. The van der Waals surface area contributed by atoms with Crippen LogP contribution in [0.15, 0.2) is 54.1 Å². The smallest absolute Gasteiger partial charge is 0.247 e. The van der Waals surface area contributed by atoms with Crippen molar-refractivity contribution in [2.45, 2.75) is 50.0 Å². The van der Waals surface area contributed by atoms with Crippen LogP contribution in [0.25, 0.3) is 0 Å². The van der Waals surface area contributed by atoms with Gasteiger partial charge in [-0.15, -0.1) is 0 Å². The minimum absolute atomic E-state index is 0.0725. The van der Waals surface area contributed by atoms with E-state index in [0.717, 1.165) is 30.4 Å². The first-order valence-electron chi connectivity index (χ1n) is 12.2. The average molecular weight is 531 g/mol. The second kappa shape index (κ2) is 10.4. The molecule has 0 spiro atoms. The fourth-order valence-electron chi connectivity index (χ4n) is 5.25. The van der Waals surface area contributed by atoms with E-state index >= 15 is 0 Å². The Morgan fingerprint density at radius 1 is 1.11 bits per heavy atom. The zero-order valence-corrected chi connectivity index (χ0v) is 21.1. The summed E-state index contributed by atoms with van der Waals surface area (Å²) in [5, 5.41) is 24.3. The Bertz CT molecular complexity index is 1200. The number of hydrogen-bond donors (Lipinski definition) is 3. The van der Waals surface area contributed by atoms with E-state index in [1.54, 1.807) is 29.2 Å². The molecule has 2 amide bonds. The summed E-state index contributed by atoms with van der Waals surface area (Å²) in [4.78, 5) is 28.5. The quantitative estimate of drug-likeness (QED) is 0.509. The topological polar surface area (TPSA) is 99.1 Å². The lowest BCUT2D eigenvalue weighted by Crippen LogP contribution is -2.56. The van der Waals surface area contributed by atoms with Crippen LogP contribution >= 0.6 is 23.2 Å². The zero-order valence-electron chi connectivity index (χ0n) is 19.6. The molecule has 2 aliphatic carbocycles. The Balaban J connectivity index is 1.55. The van der Waals surface area contributed by atoms with E-state index in [1.807, 2.05) is 24.3 Å². The molecule has 0 saturated heterocycles. The summed E-state index contributed by atoms with van der Waals surface area (Å²) < 4.78 is 6.16. The number of carbonyl (C=O) groups is 2. The SMILES string of the molecule is O=C(NCCO)C1=C[C@@H](N(Cc2ccc(Cl)c(Cl)c2)C(=O)C2CCC2)[C@H](O)[C@H]2Oc3ccccc3[C@@H]12. The molecular formula is C27H28Cl2N2O5. The number of hydrogen-bond acceptors (Lipinski definition) is 5. The van der Waals surface area contributed by atoms with Crippen molar-refractivity contribution in [3.05, 3.63) is 75.3 Å².